The third kappa shape index (κ3) is 3.58. The number of halogens is 4. The van der Waals surface area contributed by atoms with Crippen LogP contribution in [0.4, 0.5) is 17.6 Å². The molecule has 0 bridgehead atoms. The summed E-state index contributed by atoms with van der Waals surface area (Å²) < 4.78 is 78.6. The van der Waals surface area contributed by atoms with E-state index in [0.29, 0.717) is 18.6 Å². The highest BCUT2D eigenvalue weighted by molar-refractivity contribution is 7.89. The van der Waals surface area contributed by atoms with Crippen molar-refractivity contribution < 1.29 is 26.0 Å². The van der Waals surface area contributed by atoms with Gasteiger partial charge in [-0.3, -0.25) is 0 Å². The van der Waals surface area contributed by atoms with Crippen LogP contribution in [0.25, 0.3) is 0 Å². The lowest BCUT2D eigenvalue weighted by Crippen LogP contribution is -2.40. The van der Waals surface area contributed by atoms with Crippen molar-refractivity contribution in [2.75, 3.05) is 6.54 Å². The first kappa shape index (κ1) is 17.2. The van der Waals surface area contributed by atoms with E-state index in [4.69, 9.17) is 5.73 Å². The van der Waals surface area contributed by atoms with Gasteiger partial charge in [0.05, 0.1) is 10.5 Å². The largest absolute Gasteiger partial charge is 0.417 e. The van der Waals surface area contributed by atoms with E-state index in [-0.39, 0.29) is 18.5 Å². The molecule has 2 rings (SSSR count). The Bertz CT molecular complexity index is 646. The molecule has 22 heavy (non-hydrogen) atoms. The van der Waals surface area contributed by atoms with E-state index in [1.54, 1.807) is 0 Å². The van der Waals surface area contributed by atoms with Crippen molar-refractivity contribution in [2.24, 2.45) is 11.7 Å². The van der Waals surface area contributed by atoms with Crippen molar-refractivity contribution in [1.82, 2.24) is 4.72 Å². The predicted octanol–water partition coefficient (Wildman–Crippen LogP) is 2.25. The van der Waals surface area contributed by atoms with Crippen molar-refractivity contribution in [3.05, 3.63) is 29.6 Å². The first-order chi connectivity index (χ1) is 10.1. The van der Waals surface area contributed by atoms with E-state index >= 15 is 0 Å². The normalized spacial score (nSPS) is 23.0. The summed E-state index contributed by atoms with van der Waals surface area (Å²) in [6.07, 6.45) is -2.97. The molecule has 0 aromatic heterocycles. The summed E-state index contributed by atoms with van der Waals surface area (Å²) in [6.45, 7) is 0.253. The van der Waals surface area contributed by atoms with E-state index in [0.717, 1.165) is 12.8 Å². The number of hydrogen-bond donors (Lipinski definition) is 2. The van der Waals surface area contributed by atoms with E-state index in [1.807, 2.05) is 0 Å². The van der Waals surface area contributed by atoms with Crippen LogP contribution in [0.5, 0.6) is 0 Å². The number of nitrogens with two attached hydrogens (primary N) is 1. The van der Waals surface area contributed by atoms with E-state index < -0.39 is 38.5 Å². The zero-order valence-corrected chi connectivity index (χ0v) is 12.3. The standard InChI is InChI=1S/C13H16F4N2O2S/c14-9-4-5-12(10(6-9)13(15,16)17)22(20,21)19-11-3-1-2-8(11)7-18/h4-6,8,11,19H,1-3,7,18H2. The molecule has 1 aromatic carbocycles. The van der Waals surface area contributed by atoms with Gasteiger partial charge in [0.25, 0.3) is 0 Å². The molecule has 1 saturated carbocycles. The fraction of sp³-hybridized carbons (Fsp3) is 0.538. The lowest BCUT2D eigenvalue weighted by molar-refractivity contribution is -0.140. The number of hydrogen-bond acceptors (Lipinski definition) is 3. The van der Waals surface area contributed by atoms with Crippen LogP contribution in [0.2, 0.25) is 0 Å². The lowest BCUT2D eigenvalue weighted by atomic mass is 10.1. The molecule has 0 radical (unpaired) electrons. The van der Waals surface area contributed by atoms with Gasteiger partial charge in [-0.25, -0.2) is 17.5 Å². The van der Waals surface area contributed by atoms with Crippen LogP contribution in [0, 0.1) is 11.7 Å². The highest BCUT2D eigenvalue weighted by atomic mass is 32.2. The molecule has 124 valence electrons. The van der Waals surface area contributed by atoms with E-state index in [2.05, 4.69) is 4.72 Å². The van der Waals surface area contributed by atoms with Gasteiger partial charge >= 0.3 is 6.18 Å². The van der Waals surface area contributed by atoms with Gasteiger partial charge in [-0.15, -0.1) is 0 Å². The minimum absolute atomic E-state index is 0.107. The molecule has 1 fully saturated rings. The van der Waals surface area contributed by atoms with Gasteiger partial charge in [-0.1, -0.05) is 6.42 Å². The zero-order valence-electron chi connectivity index (χ0n) is 11.5. The monoisotopic (exact) mass is 340 g/mol. The summed E-state index contributed by atoms with van der Waals surface area (Å²) in [5.41, 5.74) is 4.02. The van der Waals surface area contributed by atoms with Crippen molar-refractivity contribution in [3.63, 3.8) is 0 Å². The molecule has 2 unspecified atom stereocenters. The molecule has 0 spiro atoms. The van der Waals surface area contributed by atoms with Gasteiger partial charge in [0, 0.05) is 6.04 Å². The highest BCUT2D eigenvalue weighted by Crippen LogP contribution is 2.35. The molecule has 2 atom stereocenters. The van der Waals surface area contributed by atoms with Gasteiger partial charge < -0.3 is 5.73 Å². The van der Waals surface area contributed by atoms with Gasteiger partial charge in [-0.2, -0.15) is 13.2 Å². The van der Waals surface area contributed by atoms with Crippen molar-refractivity contribution in [1.29, 1.82) is 0 Å². The van der Waals surface area contributed by atoms with Gasteiger partial charge in [0.1, 0.15) is 5.82 Å². The zero-order chi connectivity index (χ0) is 16.5. The summed E-state index contributed by atoms with van der Waals surface area (Å²) in [4.78, 5) is -0.968. The molecule has 4 nitrogen and oxygen atoms in total. The third-order valence-corrected chi connectivity index (χ3v) is 5.35. The van der Waals surface area contributed by atoms with E-state index in [9.17, 15) is 26.0 Å². The maximum Gasteiger partial charge on any atom is 0.417 e. The molecule has 1 aliphatic carbocycles. The van der Waals surface area contributed by atoms with Crippen LogP contribution in [0.3, 0.4) is 0 Å². The summed E-state index contributed by atoms with van der Waals surface area (Å²) in [7, 11) is -4.41. The number of nitrogens with one attached hydrogen (secondary N) is 1. The maximum atomic E-state index is 13.1. The highest BCUT2D eigenvalue weighted by Gasteiger charge is 2.39. The topological polar surface area (TPSA) is 72.2 Å². The van der Waals surface area contributed by atoms with Crippen LogP contribution in [-0.4, -0.2) is 21.0 Å². The quantitative estimate of drug-likeness (QED) is 0.826. The number of rotatable bonds is 4. The minimum atomic E-state index is -4.96. The van der Waals surface area contributed by atoms with Gasteiger partial charge in [-0.05, 0) is 43.5 Å². The predicted molar refractivity (Wildman–Crippen MR) is 71.9 cm³/mol. The van der Waals surface area contributed by atoms with Gasteiger partial charge in [0.2, 0.25) is 10.0 Å². The number of alkyl halides is 3. The second-order valence-electron chi connectivity index (χ2n) is 5.29. The molecule has 3 N–H and O–H groups in total. The first-order valence-electron chi connectivity index (χ1n) is 6.74. The number of sulfonamides is 1. The summed E-state index contributed by atoms with van der Waals surface area (Å²) in [5, 5.41) is 0. The molecule has 9 heteroatoms. The van der Waals surface area contributed by atoms with Crippen LogP contribution in [0.15, 0.2) is 23.1 Å². The molecule has 0 heterocycles. The fourth-order valence-electron chi connectivity index (χ4n) is 2.69. The SMILES string of the molecule is NCC1CCCC1NS(=O)(=O)c1ccc(F)cc1C(F)(F)F. The second-order valence-corrected chi connectivity index (χ2v) is 6.98. The molecule has 0 aliphatic heterocycles. The van der Waals surface area contributed by atoms with Crippen LogP contribution >= 0.6 is 0 Å². The van der Waals surface area contributed by atoms with E-state index in [1.165, 1.54) is 0 Å². The van der Waals surface area contributed by atoms with Crippen molar-refractivity contribution in [2.45, 2.75) is 36.4 Å². The first-order valence-corrected chi connectivity index (χ1v) is 8.22. The Kier molecular flexibility index (Phi) is 4.78. The Morgan fingerprint density at radius 3 is 2.55 bits per heavy atom. The Morgan fingerprint density at radius 2 is 1.95 bits per heavy atom. The maximum absolute atomic E-state index is 13.1. The van der Waals surface area contributed by atoms with Crippen molar-refractivity contribution in [3.8, 4) is 0 Å². The molecular weight excluding hydrogens is 324 g/mol. The summed E-state index contributed by atoms with van der Waals surface area (Å²) in [5.74, 6) is -1.25. The fourth-order valence-corrected chi connectivity index (χ4v) is 4.24. The smallest absolute Gasteiger partial charge is 0.330 e. The molecule has 1 aromatic rings. The minimum Gasteiger partial charge on any atom is -0.330 e. The van der Waals surface area contributed by atoms with Gasteiger partial charge in [0.15, 0.2) is 0 Å². The Labute approximate surface area is 125 Å². The molecule has 0 saturated heterocycles. The lowest BCUT2D eigenvalue weighted by Gasteiger charge is -2.21. The summed E-state index contributed by atoms with van der Waals surface area (Å²) >= 11 is 0. The van der Waals surface area contributed by atoms with Crippen molar-refractivity contribution >= 4 is 10.0 Å². The number of benzene rings is 1. The Hall–Kier alpha value is -1.19. The Morgan fingerprint density at radius 1 is 1.27 bits per heavy atom. The van der Waals surface area contributed by atoms with Crippen LogP contribution in [-0.2, 0) is 16.2 Å². The molecule has 0 amide bonds. The molecular formula is C13H16F4N2O2S. The third-order valence-electron chi connectivity index (χ3n) is 3.80. The average Bonchev–Trinajstić information content (AvgIpc) is 2.83. The van der Waals surface area contributed by atoms with Crippen LogP contribution < -0.4 is 10.5 Å². The Balaban J connectivity index is 2.38. The van der Waals surface area contributed by atoms with Crippen LogP contribution in [0.1, 0.15) is 24.8 Å². The second kappa shape index (κ2) is 6.13. The summed E-state index contributed by atoms with van der Waals surface area (Å²) in [6, 6.07) is 1.01. The molecule has 1 aliphatic rings. The average molecular weight is 340 g/mol.